The summed E-state index contributed by atoms with van der Waals surface area (Å²) in [5, 5.41) is 10.1. The van der Waals surface area contributed by atoms with Gasteiger partial charge in [-0.1, -0.05) is 188 Å². The van der Waals surface area contributed by atoms with Crippen molar-refractivity contribution in [3.05, 3.63) is 261 Å². The van der Waals surface area contributed by atoms with Gasteiger partial charge in [0.15, 0.2) is 0 Å². The van der Waals surface area contributed by atoms with E-state index in [2.05, 4.69) is 265 Å². The molecule has 1 aliphatic heterocycles. The Morgan fingerprint density at radius 3 is 1.39 bits per heavy atom. The molecule has 0 bridgehead atoms. The summed E-state index contributed by atoms with van der Waals surface area (Å²) in [4.78, 5) is 5.43. The summed E-state index contributed by atoms with van der Waals surface area (Å²) in [6.07, 6.45) is 0. The third kappa shape index (κ3) is 6.01. The zero-order valence-electron chi connectivity index (χ0n) is 38.6. The fourth-order valence-electron chi connectivity index (χ4n) is 11.9. The monoisotopic (exact) mass is 937 g/mol. The Morgan fingerprint density at radius 1 is 0.296 bits per heavy atom. The van der Waals surface area contributed by atoms with Crippen LogP contribution in [-0.2, 0) is 0 Å². The summed E-state index contributed by atoms with van der Waals surface area (Å²) in [5.41, 5.74) is 13.6. The van der Waals surface area contributed by atoms with Gasteiger partial charge in [0.05, 0.1) is 11.0 Å². The lowest BCUT2D eigenvalue weighted by molar-refractivity contribution is 1.16. The molecule has 0 fully saturated rings. The van der Waals surface area contributed by atoms with Crippen molar-refractivity contribution >= 4 is 84.9 Å². The van der Waals surface area contributed by atoms with Gasteiger partial charge in [0.2, 0.25) is 0 Å². The number of thiophene rings is 1. The topological polar surface area (TPSA) is 4.93 Å². The van der Waals surface area contributed by atoms with E-state index >= 15 is 0 Å². The van der Waals surface area contributed by atoms with Gasteiger partial charge in [-0.05, 0) is 139 Å². The molecule has 0 atom stereocenters. The van der Waals surface area contributed by atoms with Crippen LogP contribution < -0.4 is 0 Å². The average molecular weight is 938 g/mol. The minimum Gasteiger partial charge on any atom is -0.309 e. The number of fused-ring (bicyclic) bond motifs is 11. The van der Waals surface area contributed by atoms with Crippen molar-refractivity contribution in [3.63, 3.8) is 0 Å². The minimum absolute atomic E-state index is 1.16. The molecule has 3 heteroatoms. The highest BCUT2D eigenvalue weighted by molar-refractivity contribution is 8.34. The SMILES string of the molecule is c1ccc(S2(c3ccccc3)c3cc(-c4cccc5c4sc4ccccc45)ccc3-c3ccc(-n4c5ccc(-c6cccc7ccccc67)cc5c5cc(-c6cccc7ccccc67)ccc54)cc32)cc1. The molecule has 15 rings (SSSR count). The molecule has 3 heterocycles. The maximum Gasteiger partial charge on any atom is 0.0541 e. The van der Waals surface area contributed by atoms with Crippen LogP contribution >= 0.6 is 21.4 Å². The number of hydrogen-bond acceptors (Lipinski definition) is 1. The highest BCUT2D eigenvalue weighted by Crippen LogP contribution is 2.80. The van der Waals surface area contributed by atoms with Gasteiger partial charge in [0.25, 0.3) is 0 Å². The summed E-state index contributed by atoms with van der Waals surface area (Å²) in [5.74, 6) is 0. The third-order valence-electron chi connectivity index (χ3n) is 15.0. The fraction of sp³-hybridized carbons (Fsp3) is 0. The van der Waals surface area contributed by atoms with Crippen LogP contribution in [0.4, 0.5) is 0 Å². The van der Waals surface area contributed by atoms with Crippen LogP contribution in [0.3, 0.4) is 0 Å². The maximum absolute atomic E-state index is 2.55. The van der Waals surface area contributed by atoms with Gasteiger partial charge in [-0.15, -0.1) is 21.4 Å². The van der Waals surface area contributed by atoms with Crippen LogP contribution in [0.2, 0.25) is 0 Å². The lowest BCUT2D eigenvalue weighted by Crippen LogP contribution is -2.03. The van der Waals surface area contributed by atoms with Gasteiger partial charge in [-0.2, -0.15) is 0 Å². The predicted molar refractivity (Wildman–Crippen MR) is 304 cm³/mol. The molecule has 0 radical (unpaired) electrons. The summed E-state index contributed by atoms with van der Waals surface area (Å²) in [6, 6.07) is 98.2. The number of rotatable bonds is 6. The van der Waals surface area contributed by atoms with Crippen molar-refractivity contribution in [2.75, 3.05) is 0 Å². The molecule has 2 aromatic heterocycles. The molecular formula is C68H43NS2. The zero-order chi connectivity index (χ0) is 46.6. The molecule has 1 aliphatic rings. The maximum atomic E-state index is 2.55. The van der Waals surface area contributed by atoms with E-state index in [0.717, 1.165) is 5.69 Å². The Kier molecular flexibility index (Phi) is 8.98. The van der Waals surface area contributed by atoms with E-state index in [0.29, 0.717) is 0 Å². The smallest absolute Gasteiger partial charge is 0.0541 e. The highest BCUT2D eigenvalue weighted by atomic mass is 32.3. The first kappa shape index (κ1) is 40.4. The van der Waals surface area contributed by atoms with Crippen molar-refractivity contribution in [1.82, 2.24) is 4.57 Å². The van der Waals surface area contributed by atoms with Crippen LogP contribution in [0, 0.1) is 0 Å². The van der Waals surface area contributed by atoms with E-state index in [1.165, 1.54) is 128 Å². The molecule has 0 unspecified atom stereocenters. The number of benzene rings is 12. The average Bonchev–Trinajstić information content (AvgIpc) is 4.09. The largest absolute Gasteiger partial charge is 0.309 e. The predicted octanol–water partition coefficient (Wildman–Crippen LogP) is 19.8. The van der Waals surface area contributed by atoms with Crippen LogP contribution in [0.15, 0.2) is 280 Å². The first-order valence-corrected chi connectivity index (χ1v) is 26.8. The molecule has 0 spiro atoms. The molecule has 71 heavy (non-hydrogen) atoms. The second-order valence-electron chi connectivity index (χ2n) is 18.8. The van der Waals surface area contributed by atoms with Crippen LogP contribution in [-0.4, -0.2) is 4.57 Å². The quantitative estimate of drug-likeness (QED) is 0.157. The Balaban J connectivity index is 0.989. The van der Waals surface area contributed by atoms with Crippen LogP contribution in [0.5, 0.6) is 0 Å². The van der Waals surface area contributed by atoms with Crippen molar-refractivity contribution < 1.29 is 0 Å². The van der Waals surface area contributed by atoms with Gasteiger partial charge in [0.1, 0.15) is 0 Å². The van der Waals surface area contributed by atoms with E-state index in [1.807, 2.05) is 11.3 Å². The van der Waals surface area contributed by atoms with Crippen LogP contribution in [0.25, 0.3) is 114 Å². The zero-order valence-corrected chi connectivity index (χ0v) is 40.2. The third-order valence-corrected chi connectivity index (χ3v) is 20.2. The number of aromatic nitrogens is 1. The standard InChI is InChI=1S/C68H43NS2/c1-3-20-50(21-4-1)71(51-22-5-2-6-23-51)66-42-48(56-29-15-30-60-57-26-11-12-31-65(57)70-68(56)60)32-36-58(66)59-37-35-49(43-67(59)71)69-63-38-33-46(54-27-13-18-44-16-7-9-24-52(44)54)40-61(63)62-41-47(34-39-64(62)69)55-28-14-19-45-17-8-10-25-53(45)55/h1-43H. The second kappa shape index (κ2) is 15.8. The lowest BCUT2D eigenvalue weighted by atomic mass is 9.95. The normalized spacial score (nSPS) is 13.4. The Labute approximate surface area is 417 Å². The molecule has 332 valence electrons. The van der Waals surface area contributed by atoms with Gasteiger partial charge in [-0.3, -0.25) is 0 Å². The van der Waals surface area contributed by atoms with E-state index in [4.69, 9.17) is 0 Å². The first-order chi connectivity index (χ1) is 35.2. The first-order valence-electron chi connectivity index (χ1n) is 24.4. The molecule has 0 N–H and O–H groups in total. The molecular weight excluding hydrogens is 895 g/mol. The number of nitrogens with zero attached hydrogens (tertiary/aromatic N) is 1. The van der Waals surface area contributed by atoms with Crippen molar-refractivity contribution in [3.8, 4) is 50.2 Å². The molecule has 1 nitrogen and oxygen atoms in total. The van der Waals surface area contributed by atoms with Crippen molar-refractivity contribution in [2.24, 2.45) is 0 Å². The fourth-order valence-corrected chi connectivity index (χ4v) is 17.4. The summed E-state index contributed by atoms with van der Waals surface area (Å²) in [7, 11) is -2.00. The van der Waals surface area contributed by atoms with E-state index in [-0.39, 0.29) is 0 Å². The summed E-state index contributed by atoms with van der Waals surface area (Å²) in [6.45, 7) is 0. The van der Waals surface area contributed by atoms with E-state index < -0.39 is 10.0 Å². The van der Waals surface area contributed by atoms with Crippen molar-refractivity contribution in [2.45, 2.75) is 19.6 Å². The molecule has 0 saturated heterocycles. The second-order valence-corrected chi connectivity index (χ2v) is 22.9. The Hall–Kier alpha value is -8.47. The van der Waals surface area contributed by atoms with Gasteiger partial charge < -0.3 is 4.57 Å². The molecule has 0 aliphatic carbocycles. The van der Waals surface area contributed by atoms with Gasteiger partial charge in [0, 0.05) is 56.2 Å². The Morgan fingerprint density at radius 2 is 0.761 bits per heavy atom. The van der Waals surface area contributed by atoms with Crippen LogP contribution in [0.1, 0.15) is 0 Å². The summed E-state index contributed by atoms with van der Waals surface area (Å²) < 4.78 is 5.19. The Bertz CT molecular complexity index is 4280. The van der Waals surface area contributed by atoms with Gasteiger partial charge in [-0.25, -0.2) is 0 Å². The molecule has 0 amide bonds. The molecule has 12 aromatic carbocycles. The highest BCUT2D eigenvalue weighted by Gasteiger charge is 2.42. The summed E-state index contributed by atoms with van der Waals surface area (Å²) >= 11 is 1.90. The van der Waals surface area contributed by atoms with E-state index in [1.54, 1.807) is 0 Å². The minimum atomic E-state index is -2.00. The lowest BCUT2D eigenvalue weighted by Gasteiger charge is -2.39. The van der Waals surface area contributed by atoms with Crippen molar-refractivity contribution in [1.29, 1.82) is 0 Å². The number of hydrogen-bond donors (Lipinski definition) is 0. The van der Waals surface area contributed by atoms with Gasteiger partial charge >= 0.3 is 0 Å². The molecule has 14 aromatic rings. The molecule has 0 saturated carbocycles. The van der Waals surface area contributed by atoms with E-state index in [9.17, 15) is 0 Å².